The second kappa shape index (κ2) is 11.1. The van der Waals surface area contributed by atoms with Gasteiger partial charge < -0.3 is 19.3 Å². The first-order chi connectivity index (χ1) is 14.9. The van der Waals surface area contributed by atoms with Crippen LogP contribution < -0.4 is 14.2 Å². The molecule has 8 heteroatoms. The number of rotatable bonds is 10. The highest BCUT2D eigenvalue weighted by molar-refractivity contribution is 6.21. The molecule has 2 aromatic rings. The Morgan fingerprint density at radius 2 is 1.39 bits per heavy atom. The van der Waals surface area contributed by atoms with Crippen molar-refractivity contribution in [2.75, 3.05) is 14.2 Å². The smallest absolute Gasteiger partial charge is 0.376 e. The summed E-state index contributed by atoms with van der Waals surface area (Å²) in [5.41, 5.74) is 1.20. The third-order valence-corrected chi connectivity index (χ3v) is 3.97. The summed E-state index contributed by atoms with van der Waals surface area (Å²) in [7, 11) is 2.78. The molecule has 0 atom stereocenters. The maximum atomic E-state index is 12.1. The fourth-order valence-corrected chi connectivity index (χ4v) is 2.47. The Balaban J connectivity index is 1.99. The van der Waals surface area contributed by atoms with Crippen LogP contribution in [0.4, 0.5) is 0 Å². The zero-order chi connectivity index (χ0) is 22.8. The normalized spacial score (nSPS) is 10.8. The molecule has 8 nitrogen and oxygen atoms in total. The summed E-state index contributed by atoms with van der Waals surface area (Å²) >= 11 is 0. The van der Waals surface area contributed by atoms with Gasteiger partial charge in [0.15, 0.2) is 34.6 Å². The first-order valence-electron chi connectivity index (χ1n) is 9.00. The molecule has 0 aromatic heterocycles. The van der Waals surface area contributed by atoms with Crippen LogP contribution in [0, 0.1) is 0 Å². The Morgan fingerprint density at radius 3 is 1.94 bits per heavy atom. The zero-order valence-electron chi connectivity index (χ0n) is 16.9. The molecule has 0 amide bonds. The second-order valence-electron chi connectivity index (χ2n) is 6.16. The number of phenolic OH excluding ortho intramolecular Hbond substituents is 1. The summed E-state index contributed by atoms with van der Waals surface area (Å²) in [6.07, 6.45) is 5.24. The van der Waals surface area contributed by atoms with Gasteiger partial charge in [0.1, 0.15) is 0 Å². The predicted molar refractivity (Wildman–Crippen MR) is 112 cm³/mol. The van der Waals surface area contributed by atoms with E-state index in [0.29, 0.717) is 11.1 Å². The molecule has 0 saturated heterocycles. The number of esters is 1. The van der Waals surface area contributed by atoms with Gasteiger partial charge in [-0.2, -0.15) is 0 Å². The number of hydrogen-bond acceptors (Lipinski definition) is 8. The number of hydrogen-bond donors (Lipinski definition) is 1. The average Bonchev–Trinajstić information content (AvgIpc) is 2.77. The average molecular weight is 424 g/mol. The van der Waals surface area contributed by atoms with Crippen molar-refractivity contribution in [1.29, 1.82) is 0 Å². The number of carbonyl (C=O) groups is 4. The van der Waals surface area contributed by atoms with Crippen molar-refractivity contribution >= 4 is 36.0 Å². The van der Waals surface area contributed by atoms with E-state index in [4.69, 9.17) is 14.2 Å². The van der Waals surface area contributed by atoms with E-state index in [9.17, 15) is 24.3 Å². The molecule has 0 aliphatic carbocycles. The van der Waals surface area contributed by atoms with Gasteiger partial charge in [0, 0.05) is 0 Å². The van der Waals surface area contributed by atoms with E-state index < -0.39 is 17.5 Å². The summed E-state index contributed by atoms with van der Waals surface area (Å²) in [5, 5.41) is 9.57. The largest absolute Gasteiger partial charge is 0.504 e. The molecule has 0 bridgehead atoms. The maximum absolute atomic E-state index is 12.1. The lowest BCUT2D eigenvalue weighted by molar-refractivity contribution is -0.141. The van der Waals surface area contributed by atoms with Gasteiger partial charge >= 0.3 is 5.97 Å². The predicted octanol–water partition coefficient (Wildman–Crippen LogP) is 2.77. The van der Waals surface area contributed by atoms with Crippen LogP contribution in [-0.4, -0.2) is 43.1 Å². The Hall–Kier alpha value is -4.20. The maximum Gasteiger partial charge on any atom is 0.376 e. The van der Waals surface area contributed by atoms with E-state index in [-0.39, 0.29) is 35.7 Å². The highest BCUT2D eigenvalue weighted by atomic mass is 16.6. The fourth-order valence-electron chi connectivity index (χ4n) is 2.47. The van der Waals surface area contributed by atoms with E-state index in [1.165, 1.54) is 56.7 Å². The van der Waals surface area contributed by atoms with Crippen LogP contribution in [0.25, 0.3) is 12.2 Å². The van der Waals surface area contributed by atoms with Crippen LogP contribution in [0.15, 0.2) is 48.6 Å². The van der Waals surface area contributed by atoms with Gasteiger partial charge in [-0.25, -0.2) is 4.79 Å². The molecule has 0 unspecified atom stereocenters. The number of aldehydes is 1. The quantitative estimate of drug-likeness (QED) is 0.155. The molecular formula is C23H20O8. The Bertz CT molecular complexity index is 1050. The summed E-state index contributed by atoms with van der Waals surface area (Å²) in [5.74, 6) is -1.34. The van der Waals surface area contributed by atoms with Crippen molar-refractivity contribution < 1.29 is 38.5 Å². The van der Waals surface area contributed by atoms with Crippen molar-refractivity contribution in [1.82, 2.24) is 0 Å². The SMILES string of the molecule is COc1cc(C=CC(=O)CC(=O)C=Cc2ccc(OC(=O)C=O)c(OC)c2)ccc1O. The van der Waals surface area contributed by atoms with Crippen LogP contribution >= 0.6 is 0 Å². The van der Waals surface area contributed by atoms with Gasteiger partial charge in [-0.15, -0.1) is 0 Å². The van der Waals surface area contributed by atoms with Gasteiger partial charge in [-0.05, 0) is 47.5 Å². The number of benzene rings is 2. The molecule has 0 spiro atoms. The third kappa shape index (κ3) is 6.97. The lowest BCUT2D eigenvalue weighted by Crippen LogP contribution is -2.09. The summed E-state index contributed by atoms with van der Waals surface area (Å²) in [6, 6.07) is 9.09. The molecule has 160 valence electrons. The number of aromatic hydroxyl groups is 1. The Labute approximate surface area is 178 Å². The lowest BCUT2D eigenvalue weighted by Gasteiger charge is -2.07. The fraction of sp³-hybridized carbons (Fsp3) is 0.130. The number of carbonyl (C=O) groups excluding carboxylic acids is 4. The highest BCUT2D eigenvalue weighted by Gasteiger charge is 2.10. The number of ether oxygens (including phenoxy) is 3. The Kier molecular flexibility index (Phi) is 8.27. The molecule has 31 heavy (non-hydrogen) atoms. The number of phenols is 1. The van der Waals surface area contributed by atoms with Gasteiger partial charge in [-0.1, -0.05) is 24.3 Å². The van der Waals surface area contributed by atoms with E-state index in [1.54, 1.807) is 18.2 Å². The van der Waals surface area contributed by atoms with Gasteiger partial charge in [-0.3, -0.25) is 14.4 Å². The van der Waals surface area contributed by atoms with Gasteiger partial charge in [0.25, 0.3) is 0 Å². The van der Waals surface area contributed by atoms with Crippen LogP contribution in [0.1, 0.15) is 17.5 Å². The minimum Gasteiger partial charge on any atom is -0.504 e. The summed E-state index contributed by atoms with van der Waals surface area (Å²) in [4.78, 5) is 45.6. The lowest BCUT2D eigenvalue weighted by atomic mass is 10.1. The molecule has 0 aliphatic heterocycles. The molecular weight excluding hydrogens is 404 g/mol. The van der Waals surface area contributed by atoms with Crippen molar-refractivity contribution in [2.45, 2.75) is 6.42 Å². The summed E-state index contributed by atoms with van der Waals surface area (Å²) < 4.78 is 14.9. The van der Waals surface area contributed by atoms with E-state index in [0.717, 1.165) is 0 Å². The Morgan fingerprint density at radius 1 is 0.839 bits per heavy atom. The topological polar surface area (TPSA) is 116 Å². The molecule has 2 rings (SSSR count). The summed E-state index contributed by atoms with van der Waals surface area (Å²) in [6.45, 7) is 0. The minimum atomic E-state index is -1.06. The molecule has 0 radical (unpaired) electrons. The van der Waals surface area contributed by atoms with Crippen molar-refractivity contribution in [3.63, 3.8) is 0 Å². The van der Waals surface area contributed by atoms with Crippen molar-refractivity contribution in [2.24, 2.45) is 0 Å². The van der Waals surface area contributed by atoms with Crippen LogP contribution in [-0.2, 0) is 19.2 Å². The third-order valence-electron chi connectivity index (χ3n) is 3.97. The van der Waals surface area contributed by atoms with Crippen LogP contribution in [0.5, 0.6) is 23.0 Å². The standard InChI is InChI=1S/C23H20O8/c1-29-21-11-15(5-9-19(21)27)3-7-17(25)13-18(26)8-4-16-6-10-20(22(12-16)30-2)31-23(28)14-24/h3-12,14,27H,13H2,1-2H3. The van der Waals surface area contributed by atoms with E-state index in [1.807, 2.05) is 0 Å². The van der Waals surface area contributed by atoms with E-state index >= 15 is 0 Å². The first kappa shape index (κ1) is 23.1. The minimum absolute atomic E-state index is 0.0159. The van der Waals surface area contributed by atoms with Crippen molar-refractivity contribution in [3.05, 3.63) is 59.7 Å². The molecule has 1 N–H and O–H groups in total. The second-order valence-corrected chi connectivity index (χ2v) is 6.16. The highest BCUT2D eigenvalue weighted by Crippen LogP contribution is 2.29. The zero-order valence-corrected chi connectivity index (χ0v) is 16.9. The molecule has 0 fully saturated rings. The molecule has 0 saturated carbocycles. The molecule has 0 aliphatic rings. The van der Waals surface area contributed by atoms with Crippen molar-refractivity contribution in [3.8, 4) is 23.0 Å². The number of allylic oxidation sites excluding steroid dienone is 2. The van der Waals surface area contributed by atoms with Gasteiger partial charge in [0.2, 0.25) is 6.29 Å². The molecule has 2 aromatic carbocycles. The first-order valence-corrected chi connectivity index (χ1v) is 9.00. The van der Waals surface area contributed by atoms with E-state index in [2.05, 4.69) is 0 Å². The number of methoxy groups -OCH3 is 2. The molecule has 0 heterocycles. The van der Waals surface area contributed by atoms with Crippen LogP contribution in [0.2, 0.25) is 0 Å². The monoisotopic (exact) mass is 424 g/mol. The van der Waals surface area contributed by atoms with Crippen LogP contribution in [0.3, 0.4) is 0 Å². The van der Waals surface area contributed by atoms with Gasteiger partial charge in [0.05, 0.1) is 20.6 Å². The number of ketones is 2.